The van der Waals surface area contributed by atoms with Crippen LogP contribution in [0.4, 0.5) is 0 Å². The molecule has 0 saturated heterocycles. The second kappa shape index (κ2) is 7.53. The monoisotopic (exact) mass is 284 g/mol. The summed E-state index contributed by atoms with van der Waals surface area (Å²) >= 11 is 4.03. The molecule has 0 aromatic carbocycles. The van der Waals surface area contributed by atoms with Crippen LogP contribution in [0.15, 0.2) is 6.07 Å². The average Bonchev–Trinajstić information content (AvgIpc) is 2.82. The number of rotatable bonds is 7. The van der Waals surface area contributed by atoms with Crippen LogP contribution in [0, 0.1) is 0 Å². The van der Waals surface area contributed by atoms with Gasteiger partial charge in [-0.15, -0.1) is 11.3 Å². The largest absolute Gasteiger partial charge is 0.271 e. The smallest absolute Gasteiger partial charge is 0.0553 e. The molecular formula is C14H24N2S2. The normalized spacial score (nSPS) is 16.6. The lowest BCUT2D eigenvalue weighted by Crippen LogP contribution is -2.27. The fourth-order valence-electron chi connectivity index (χ4n) is 2.42. The van der Waals surface area contributed by atoms with E-state index in [0.717, 1.165) is 0 Å². The topological polar surface area (TPSA) is 38.0 Å². The molecule has 0 amide bonds. The van der Waals surface area contributed by atoms with E-state index in [0.29, 0.717) is 6.04 Å². The lowest BCUT2D eigenvalue weighted by atomic mass is 10.1. The SMILES string of the molecule is CCCCCCC(NN)c1cc2c(s1)CCSC2. The third-order valence-corrected chi connectivity index (χ3v) is 5.90. The highest BCUT2D eigenvalue weighted by Gasteiger charge is 2.18. The lowest BCUT2D eigenvalue weighted by Gasteiger charge is -2.13. The van der Waals surface area contributed by atoms with Crippen molar-refractivity contribution < 1.29 is 0 Å². The molecular weight excluding hydrogens is 260 g/mol. The van der Waals surface area contributed by atoms with Crippen molar-refractivity contribution in [2.75, 3.05) is 5.75 Å². The Kier molecular flexibility index (Phi) is 6.02. The van der Waals surface area contributed by atoms with Gasteiger partial charge in [-0.25, -0.2) is 0 Å². The summed E-state index contributed by atoms with van der Waals surface area (Å²) in [6.07, 6.45) is 7.66. The molecule has 1 unspecified atom stereocenters. The Balaban J connectivity index is 1.92. The number of aryl methyl sites for hydroxylation is 1. The number of nitrogens with one attached hydrogen (secondary N) is 1. The van der Waals surface area contributed by atoms with Crippen LogP contribution >= 0.6 is 23.1 Å². The van der Waals surface area contributed by atoms with Gasteiger partial charge in [0.1, 0.15) is 0 Å². The predicted octanol–water partition coefficient (Wildman–Crippen LogP) is 4.01. The van der Waals surface area contributed by atoms with Crippen LogP contribution in [0.25, 0.3) is 0 Å². The maximum atomic E-state index is 5.73. The van der Waals surface area contributed by atoms with Gasteiger partial charge in [0.05, 0.1) is 6.04 Å². The van der Waals surface area contributed by atoms with Gasteiger partial charge in [-0.1, -0.05) is 32.6 Å². The first-order valence-corrected chi connectivity index (χ1v) is 8.97. The van der Waals surface area contributed by atoms with Crippen LogP contribution < -0.4 is 11.3 Å². The first kappa shape index (κ1) is 14.4. The van der Waals surface area contributed by atoms with E-state index in [4.69, 9.17) is 5.84 Å². The summed E-state index contributed by atoms with van der Waals surface area (Å²) in [7, 11) is 0. The Morgan fingerprint density at radius 2 is 2.28 bits per heavy atom. The minimum absolute atomic E-state index is 0.363. The van der Waals surface area contributed by atoms with Crippen molar-refractivity contribution in [2.45, 2.75) is 57.2 Å². The molecule has 1 aliphatic rings. The van der Waals surface area contributed by atoms with Crippen molar-refractivity contribution in [2.24, 2.45) is 5.84 Å². The highest BCUT2D eigenvalue weighted by Crippen LogP contribution is 2.35. The van der Waals surface area contributed by atoms with Gasteiger partial charge in [0.15, 0.2) is 0 Å². The quantitative estimate of drug-likeness (QED) is 0.451. The zero-order valence-corrected chi connectivity index (χ0v) is 12.8. The minimum atomic E-state index is 0.363. The molecule has 1 aromatic heterocycles. The maximum Gasteiger partial charge on any atom is 0.0553 e. The lowest BCUT2D eigenvalue weighted by molar-refractivity contribution is 0.488. The molecule has 0 saturated carbocycles. The van der Waals surface area contributed by atoms with Crippen LogP contribution in [0.3, 0.4) is 0 Å². The van der Waals surface area contributed by atoms with E-state index in [1.807, 2.05) is 23.1 Å². The predicted molar refractivity (Wildman–Crippen MR) is 83.0 cm³/mol. The van der Waals surface area contributed by atoms with Crippen LogP contribution in [0.2, 0.25) is 0 Å². The molecule has 1 aromatic rings. The van der Waals surface area contributed by atoms with Gasteiger partial charge >= 0.3 is 0 Å². The summed E-state index contributed by atoms with van der Waals surface area (Å²) in [5.41, 5.74) is 4.56. The zero-order valence-electron chi connectivity index (χ0n) is 11.2. The Morgan fingerprint density at radius 3 is 3.00 bits per heavy atom. The van der Waals surface area contributed by atoms with E-state index in [-0.39, 0.29) is 0 Å². The van der Waals surface area contributed by atoms with E-state index in [1.54, 1.807) is 10.4 Å². The third-order valence-electron chi connectivity index (χ3n) is 3.54. The molecule has 0 radical (unpaired) electrons. The van der Waals surface area contributed by atoms with E-state index in [1.165, 1.54) is 54.9 Å². The number of nitrogens with two attached hydrogens (primary N) is 1. The standard InChI is InChI=1S/C14H24N2S2/c1-2-3-4-5-6-12(16-15)14-9-11-10-17-8-7-13(11)18-14/h9,12,16H,2-8,10,15H2,1H3. The number of hydrogen-bond acceptors (Lipinski definition) is 4. The van der Waals surface area contributed by atoms with Gasteiger partial charge in [-0.3, -0.25) is 11.3 Å². The van der Waals surface area contributed by atoms with Gasteiger partial charge < -0.3 is 0 Å². The molecule has 2 heterocycles. The molecule has 0 bridgehead atoms. The second-order valence-electron chi connectivity index (χ2n) is 4.97. The Bertz CT molecular complexity index is 339. The summed E-state index contributed by atoms with van der Waals surface area (Å²) in [5.74, 6) is 8.20. The third kappa shape index (κ3) is 3.73. The van der Waals surface area contributed by atoms with Crippen molar-refractivity contribution in [3.05, 3.63) is 21.4 Å². The van der Waals surface area contributed by atoms with Gasteiger partial charge in [0, 0.05) is 15.5 Å². The highest BCUT2D eigenvalue weighted by atomic mass is 32.2. The van der Waals surface area contributed by atoms with E-state index < -0.39 is 0 Å². The van der Waals surface area contributed by atoms with Crippen molar-refractivity contribution in [1.29, 1.82) is 0 Å². The van der Waals surface area contributed by atoms with Crippen LogP contribution in [-0.2, 0) is 12.2 Å². The number of fused-ring (bicyclic) bond motifs is 1. The summed E-state index contributed by atoms with van der Waals surface area (Å²) in [6.45, 7) is 2.25. The van der Waals surface area contributed by atoms with E-state index >= 15 is 0 Å². The number of hydrazine groups is 1. The van der Waals surface area contributed by atoms with Crippen molar-refractivity contribution in [1.82, 2.24) is 5.43 Å². The van der Waals surface area contributed by atoms with Crippen molar-refractivity contribution in [3.63, 3.8) is 0 Å². The second-order valence-corrected chi connectivity index (χ2v) is 7.24. The molecule has 4 heteroatoms. The molecule has 0 aliphatic carbocycles. The fraction of sp³-hybridized carbons (Fsp3) is 0.714. The number of unbranched alkanes of at least 4 members (excludes halogenated alkanes) is 3. The molecule has 1 atom stereocenters. The molecule has 18 heavy (non-hydrogen) atoms. The van der Waals surface area contributed by atoms with E-state index in [9.17, 15) is 0 Å². The number of hydrogen-bond donors (Lipinski definition) is 2. The molecule has 3 N–H and O–H groups in total. The fourth-order valence-corrected chi connectivity index (χ4v) is 4.90. The first-order valence-electron chi connectivity index (χ1n) is 7.00. The molecule has 102 valence electrons. The highest BCUT2D eigenvalue weighted by molar-refractivity contribution is 7.98. The van der Waals surface area contributed by atoms with Crippen molar-refractivity contribution >= 4 is 23.1 Å². The van der Waals surface area contributed by atoms with Crippen molar-refractivity contribution in [3.8, 4) is 0 Å². The summed E-state index contributed by atoms with van der Waals surface area (Å²) < 4.78 is 0. The Morgan fingerprint density at radius 1 is 1.39 bits per heavy atom. The maximum absolute atomic E-state index is 5.73. The average molecular weight is 284 g/mol. The van der Waals surface area contributed by atoms with Crippen LogP contribution in [0.1, 0.15) is 60.4 Å². The molecule has 0 spiro atoms. The first-order chi connectivity index (χ1) is 8.85. The summed E-state index contributed by atoms with van der Waals surface area (Å²) in [6, 6.07) is 2.75. The Hall–Kier alpha value is -0.0300. The van der Waals surface area contributed by atoms with Crippen LogP contribution in [0.5, 0.6) is 0 Å². The zero-order chi connectivity index (χ0) is 12.8. The summed E-state index contributed by atoms with van der Waals surface area (Å²) in [5, 5.41) is 0. The van der Waals surface area contributed by atoms with Gasteiger partial charge in [0.2, 0.25) is 0 Å². The Labute approximate surface area is 119 Å². The van der Waals surface area contributed by atoms with Gasteiger partial charge in [-0.2, -0.15) is 11.8 Å². The number of thioether (sulfide) groups is 1. The molecule has 2 nitrogen and oxygen atoms in total. The number of thiophene rings is 1. The van der Waals surface area contributed by atoms with Crippen LogP contribution in [-0.4, -0.2) is 5.75 Å². The van der Waals surface area contributed by atoms with Gasteiger partial charge in [-0.05, 0) is 30.2 Å². The van der Waals surface area contributed by atoms with E-state index in [2.05, 4.69) is 18.4 Å². The summed E-state index contributed by atoms with van der Waals surface area (Å²) in [4.78, 5) is 3.04. The molecule has 1 aliphatic heterocycles. The minimum Gasteiger partial charge on any atom is -0.271 e. The molecule has 0 fully saturated rings. The van der Waals surface area contributed by atoms with Gasteiger partial charge in [0.25, 0.3) is 0 Å². The molecule has 2 rings (SSSR count).